The van der Waals surface area contributed by atoms with Gasteiger partial charge in [0.15, 0.2) is 0 Å². The number of benzene rings is 2. The van der Waals surface area contributed by atoms with Gasteiger partial charge >= 0.3 is 0 Å². The SMILES string of the molecule is CS(=O)(=O)NC(=O)C(Oc1cc(Cl)ccc1Cl)c1ccccc1. The molecule has 8 heteroatoms. The average molecular weight is 374 g/mol. The van der Waals surface area contributed by atoms with Gasteiger partial charge < -0.3 is 4.74 Å². The molecule has 0 spiro atoms. The number of nitrogens with one attached hydrogen (secondary N) is 1. The van der Waals surface area contributed by atoms with Crippen LogP contribution >= 0.6 is 23.2 Å². The minimum atomic E-state index is -3.73. The maximum Gasteiger partial charge on any atom is 0.279 e. The van der Waals surface area contributed by atoms with Crippen molar-refractivity contribution in [3.05, 3.63) is 64.1 Å². The van der Waals surface area contributed by atoms with Crippen LogP contribution in [-0.4, -0.2) is 20.6 Å². The number of halogens is 2. The van der Waals surface area contributed by atoms with Crippen molar-refractivity contribution in [2.24, 2.45) is 0 Å². The monoisotopic (exact) mass is 373 g/mol. The van der Waals surface area contributed by atoms with E-state index >= 15 is 0 Å². The fourth-order valence-corrected chi connectivity index (χ4v) is 2.63. The van der Waals surface area contributed by atoms with Gasteiger partial charge in [-0.15, -0.1) is 0 Å². The number of amides is 1. The van der Waals surface area contributed by atoms with Crippen LogP contribution in [0.25, 0.3) is 0 Å². The van der Waals surface area contributed by atoms with E-state index in [4.69, 9.17) is 27.9 Å². The summed E-state index contributed by atoms with van der Waals surface area (Å²) in [5.41, 5.74) is 0.477. The molecular formula is C15H13Cl2NO4S. The standard InChI is InChI=1S/C15H13Cl2NO4S/c1-23(20,21)18-15(19)14(10-5-3-2-4-6-10)22-13-9-11(16)7-8-12(13)17/h2-9,14H,1H3,(H,18,19). The molecule has 23 heavy (non-hydrogen) atoms. The summed E-state index contributed by atoms with van der Waals surface area (Å²) in [6.07, 6.45) is -0.304. The molecule has 1 N–H and O–H groups in total. The van der Waals surface area contributed by atoms with Crippen molar-refractivity contribution < 1.29 is 17.9 Å². The van der Waals surface area contributed by atoms with Crippen LogP contribution in [0.1, 0.15) is 11.7 Å². The van der Waals surface area contributed by atoms with Crippen molar-refractivity contribution in [1.82, 2.24) is 4.72 Å². The van der Waals surface area contributed by atoms with Crippen LogP contribution in [0.5, 0.6) is 5.75 Å². The number of carbonyl (C=O) groups excluding carboxylic acids is 1. The smallest absolute Gasteiger partial charge is 0.279 e. The van der Waals surface area contributed by atoms with Gasteiger partial charge in [0.05, 0.1) is 11.3 Å². The summed E-state index contributed by atoms with van der Waals surface area (Å²) in [7, 11) is -3.73. The third-order valence-corrected chi connectivity index (χ3v) is 3.88. The van der Waals surface area contributed by atoms with Gasteiger partial charge in [0.2, 0.25) is 16.1 Å². The molecule has 0 aliphatic rings. The van der Waals surface area contributed by atoms with Crippen molar-refractivity contribution in [1.29, 1.82) is 0 Å². The second kappa shape index (κ2) is 7.21. The number of sulfonamides is 1. The van der Waals surface area contributed by atoms with Crippen molar-refractivity contribution in [3.8, 4) is 5.75 Å². The molecular weight excluding hydrogens is 361 g/mol. The van der Waals surface area contributed by atoms with Crippen LogP contribution in [0.4, 0.5) is 0 Å². The van der Waals surface area contributed by atoms with E-state index in [1.807, 2.05) is 4.72 Å². The second-order valence-corrected chi connectivity index (χ2v) is 7.31. The fraction of sp³-hybridized carbons (Fsp3) is 0.133. The highest BCUT2D eigenvalue weighted by Crippen LogP contribution is 2.31. The zero-order valence-corrected chi connectivity index (χ0v) is 14.3. The van der Waals surface area contributed by atoms with Crippen molar-refractivity contribution in [3.63, 3.8) is 0 Å². The van der Waals surface area contributed by atoms with E-state index in [-0.39, 0.29) is 10.8 Å². The Kier molecular flexibility index (Phi) is 5.51. The Morgan fingerprint density at radius 1 is 1.13 bits per heavy atom. The number of rotatable bonds is 5. The first-order valence-corrected chi connectivity index (χ1v) is 9.09. The molecule has 0 aliphatic carbocycles. The van der Waals surface area contributed by atoms with Crippen LogP contribution in [0.15, 0.2) is 48.5 Å². The van der Waals surface area contributed by atoms with Gasteiger partial charge in [0.1, 0.15) is 5.75 Å². The molecule has 0 fully saturated rings. The Labute approximate surface area is 144 Å². The van der Waals surface area contributed by atoms with E-state index in [2.05, 4.69) is 0 Å². The van der Waals surface area contributed by atoms with Gasteiger partial charge in [-0.25, -0.2) is 13.1 Å². The highest BCUT2D eigenvalue weighted by molar-refractivity contribution is 7.89. The second-order valence-electron chi connectivity index (χ2n) is 4.72. The number of ether oxygens (including phenoxy) is 1. The third kappa shape index (κ3) is 5.13. The quantitative estimate of drug-likeness (QED) is 0.873. The van der Waals surface area contributed by atoms with E-state index in [0.717, 1.165) is 6.26 Å². The summed E-state index contributed by atoms with van der Waals surface area (Å²) in [6.45, 7) is 0. The van der Waals surface area contributed by atoms with Gasteiger partial charge in [0.25, 0.3) is 5.91 Å². The number of hydrogen-bond acceptors (Lipinski definition) is 4. The van der Waals surface area contributed by atoms with Crippen LogP contribution in [-0.2, 0) is 14.8 Å². The number of hydrogen-bond donors (Lipinski definition) is 1. The Hall–Kier alpha value is -1.76. The summed E-state index contributed by atoms with van der Waals surface area (Å²) < 4.78 is 30.2. The lowest BCUT2D eigenvalue weighted by atomic mass is 10.1. The lowest BCUT2D eigenvalue weighted by Gasteiger charge is -2.19. The topological polar surface area (TPSA) is 72.5 Å². The average Bonchev–Trinajstić information content (AvgIpc) is 2.47. The van der Waals surface area contributed by atoms with Crippen LogP contribution in [0, 0.1) is 0 Å². The first-order valence-electron chi connectivity index (χ1n) is 6.44. The summed E-state index contributed by atoms with van der Waals surface area (Å²) in [4.78, 5) is 12.3. The first-order chi connectivity index (χ1) is 10.8. The molecule has 1 atom stereocenters. The maximum absolute atomic E-state index is 12.3. The zero-order chi connectivity index (χ0) is 17.0. The van der Waals surface area contributed by atoms with Gasteiger partial charge in [-0.05, 0) is 12.1 Å². The molecule has 0 radical (unpaired) electrons. The van der Waals surface area contributed by atoms with Crippen molar-refractivity contribution in [2.75, 3.05) is 6.26 Å². The molecule has 1 unspecified atom stereocenters. The molecule has 5 nitrogen and oxygen atoms in total. The minimum Gasteiger partial charge on any atom is -0.474 e. The van der Waals surface area contributed by atoms with Crippen LogP contribution < -0.4 is 9.46 Å². The van der Waals surface area contributed by atoms with Gasteiger partial charge in [0, 0.05) is 16.7 Å². The van der Waals surface area contributed by atoms with Gasteiger partial charge in [-0.3, -0.25) is 4.79 Å². The van der Waals surface area contributed by atoms with Crippen molar-refractivity contribution >= 4 is 39.1 Å². The fourth-order valence-electron chi connectivity index (χ4n) is 1.83. The predicted molar refractivity (Wildman–Crippen MR) is 89.3 cm³/mol. The molecule has 0 heterocycles. The maximum atomic E-state index is 12.3. The molecule has 0 saturated heterocycles. The molecule has 2 rings (SSSR count). The third-order valence-electron chi connectivity index (χ3n) is 2.76. The van der Waals surface area contributed by atoms with E-state index in [1.54, 1.807) is 36.4 Å². The lowest BCUT2D eigenvalue weighted by molar-refractivity contribution is -0.126. The highest BCUT2D eigenvalue weighted by atomic mass is 35.5. The van der Waals surface area contributed by atoms with Crippen LogP contribution in [0.3, 0.4) is 0 Å². The van der Waals surface area contributed by atoms with Crippen molar-refractivity contribution in [2.45, 2.75) is 6.10 Å². The summed E-state index contributed by atoms with van der Waals surface area (Å²) in [6, 6.07) is 13.0. The largest absolute Gasteiger partial charge is 0.474 e. The molecule has 2 aromatic carbocycles. The first kappa shape index (κ1) is 17.6. The number of carbonyl (C=O) groups is 1. The normalized spacial score (nSPS) is 12.5. The molecule has 0 bridgehead atoms. The molecule has 0 saturated carbocycles. The Morgan fingerprint density at radius 3 is 2.39 bits per heavy atom. The molecule has 122 valence electrons. The van der Waals surface area contributed by atoms with E-state index < -0.39 is 22.0 Å². The van der Waals surface area contributed by atoms with Gasteiger partial charge in [-0.2, -0.15) is 0 Å². The predicted octanol–water partition coefficient (Wildman–Crippen LogP) is 3.19. The minimum absolute atomic E-state index is 0.177. The van der Waals surface area contributed by atoms with E-state index in [1.165, 1.54) is 12.1 Å². The van der Waals surface area contributed by atoms with Gasteiger partial charge in [-0.1, -0.05) is 53.5 Å². The Morgan fingerprint density at radius 2 is 1.78 bits per heavy atom. The Balaban J connectivity index is 2.38. The molecule has 2 aromatic rings. The Bertz CT molecular complexity index is 809. The molecule has 0 aliphatic heterocycles. The summed E-state index contributed by atoms with van der Waals surface area (Å²) >= 11 is 11.9. The van der Waals surface area contributed by atoms with Crippen LogP contribution in [0.2, 0.25) is 10.0 Å². The lowest BCUT2D eigenvalue weighted by Crippen LogP contribution is -2.36. The zero-order valence-electron chi connectivity index (χ0n) is 12.0. The summed E-state index contributed by atoms with van der Waals surface area (Å²) in [5.74, 6) is -0.647. The summed E-state index contributed by atoms with van der Waals surface area (Å²) in [5, 5.41) is 0.627. The van der Waals surface area contributed by atoms with E-state index in [0.29, 0.717) is 10.6 Å². The van der Waals surface area contributed by atoms with E-state index in [9.17, 15) is 13.2 Å². The molecule has 1 amide bonds. The highest BCUT2D eigenvalue weighted by Gasteiger charge is 2.26. The molecule has 0 aromatic heterocycles.